The van der Waals surface area contributed by atoms with Crippen LogP contribution in [0.2, 0.25) is 0 Å². The van der Waals surface area contributed by atoms with Crippen molar-refractivity contribution in [3.05, 3.63) is 39.7 Å². The van der Waals surface area contributed by atoms with Crippen molar-refractivity contribution < 1.29 is 18.9 Å². The number of halogens is 1. The van der Waals surface area contributed by atoms with Crippen molar-refractivity contribution >= 4 is 17.4 Å². The number of fused-ring (bicyclic) bond motifs is 1. The molecular formula is C10H7FN2O4. The van der Waals surface area contributed by atoms with Crippen LogP contribution in [0.5, 0.6) is 0 Å². The Morgan fingerprint density at radius 2 is 2.06 bits per heavy atom. The van der Waals surface area contributed by atoms with Crippen LogP contribution in [0.15, 0.2) is 18.2 Å². The largest absolute Gasteiger partial charge is 0.351 e. The molecule has 88 valence electrons. The number of carbonyl (C=O) groups excluding carboxylic acids is 2. The fourth-order valence-electron chi connectivity index (χ4n) is 1.75. The Bertz CT molecular complexity index is 543. The van der Waals surface area contributed by atoms with E-state index in [1.54, 1.807) is 0 Å². The van der Waals surface area contributed by atoms with Gasteiger partial charge in [-0.15, -0.1) is 0 Å². The molecular weight excluding hydrogens is 231 g/mol. The van der Waals surface area contributed by atoms with E-state index in [1.807, 2.05) is 0 Å². The minimum Gasteiger partial charge on any atom is -0.308 e. The average Bonchev–Trinajstić information content (AvgIpc) is 2.26. The highest BCUT2D eigenvalue weighted by molar-refractivity contribution is 6.23. The quantitative estimate of drug-likeness (QED) is 0.408. The van der Waals surface area contributed by atoms with Crippen molar-refractivity contribution in [2.45, 2.75) is 6.04 Å². The standard InChI is InChI=1S/C10H7FN2O4/c1-12-7-3-2-5(11)4-6(7)9(14)8(10(12)15)13(16)17/h2-4,8H,1H3. The van der Waals surface area contributed by atoms with E-state index in [4.69, 9.17) is 0 Å². The molecule has 1 atom stereocenters. The van der Waals surface area contributed by atoms with Crippen LogP contribution in [0.4, 0.5) is 10.1 Å². The van der Waals surface area contributed by atoms with Gasteiger partial charge in [0, 0.05) is 12.0 Å². The number of rotatable bonds is 1. The van der Waals surface area contributed by atoms with Crippen LogP contribution in [0, 0.1) is 15.9 Å². The number of Topliss-reactive ketones (excluding diaryl/α,β-unsaturated/α-hetero) is 1. The molecule has 0 fully saturated rings. The van der Waals surface area contributed by atoms with Crippen molar-refractivity contribution in [3.63, 3.8) is 0 Å². The van der Waals surface area contributed by atoms with Crippen LogP contribution in [-0.4, -0.2) is 29.7 Å². The van der Waals surface area contributed by atoms with E-state index in [2.05, 4.69) is 0 Å². The summed E-state index contributed by atoms with van der Waals surface area (Å²) in [6.45, 7) is 0. The zero-order valence-electron chi connectivity index (χ0n) is 8.71. The van der Waals surface area contributed by atoms with Gasteiger partial charge < -0.3 is 4.90 Å². The van der Waals surface area contributed by atoms with E-state index in [-0.39, 0.29) is 11.3 Å². The van der Waals surface area contributed by atoms with Gasteiger partial charge in [0.2, 0.25) is 5.78 Å². The van der Waals surface area contributed by atoms with Crippen molar-refractivity contribution in [3.8, 4) is 0 Å². The molecule has 1 aromatic carbocycles. The summed E-state index contributed by atoms with van der Waals surface area (Å²) in [6, 6.07) is 1.25. The lowest BCUT2D eigenvalue weighted by Crippen LogP contribution is -2.50. The van der Waals surface area contributed by atoms with Crippen molar-refractivity contribution in [1.29, 1.82) is 0 Å². The van der Waals surface area contributed by atoms with Crippen LogP contribution in [0.1, 0.15) is 10.4 Å². The first-order valence-corrected chi connectivity index (χ1v) is 4.68. The van der Waals surface area contributed by atoms with Crippen molar-refractivity contribution in [2.24, 2.45) is 0 Å². The number of likely N-dealkylation sites (N-methyl/N-ethyl adjacent to an activating group) is 1. The molecule has 7 heteroatoms. The lowest BCUT2D eigenvalue weighted by molar-refractivity contribution is -0.491. The van der Waals surface area contributed by atoms with Gasteiger partial charge >= 0.3 is 11.9 Å². The van der Waals surface area contributed by atoms with Crippen LogP contribution < -0.4 is 4.90 Å². The van der Waals surface area contributed by atoms with E-state index in [9.17, 15) is 24.1 Å². The summed E-state index contributed by atoms with van der Waals surface area (Å²) in [7, 11) is 1.31. The van der Waals surface area contributed by atoms with Gasteiger partial charge in [-0.25, -0.2) is 4.39 Å². The number of nitrogens with zero attached hydrogens (tertiary/aromatic N) is 2. The summed E-state index contributed by atoms with van der Waals surface area (Å²) in [5, 5.41) is 10.7. The second-order valence-electron chi connectivity index (χ2n) is 3.61. The number of benzene rings is 1. The normalized spacial score (nSPS) is 19.2. The SMILES string of the molecule is CN1C(=O)C([N+](=O)[O-])C(=O)c2cc(F)ccc21. The molecule has 0 radical (unpaired) electrons. The van der Waals surface area contributed by atoms with Gasteiger partial charge in [0.1, 0.15) is 5.82 Å². The zero-order valence-corrected chi connectivity index (χ0v) is 8.71. The third-order valence-electron chi connectivity index (χ3n) is 2.61. The summed E-state index contributed by atoms with van der Waals surface area (Å²) >= 11 is 0. The minimum absolute atomic E-state index is 0.145. The molecule has 1 aliphatic heterocycles. The summed E-state index contributed by atoms with van der Waals surface area (Å²) in [4.78, 5) is 34.0. The highest BCUT2D eigenvalue weighted by Gasteiger charge is 2.46. The Hall–Kier alpha value is -2.31. The maximum absolute atomic E-state index is 13.0. The number of anilines is 1. The number of nitro groups is 1. The molecule has 6 nitrogen and oxygen atoms in total. The fourth-order valence-corrected chi connectivity index (χ4v) is 1.75. The molecule has 0 spiro atoms. The first-order valence-electron chi connectivity index (χ1n) is 4.68. The Morgan fingerprint density at radius 1 is 1.41 bits per heavy atom. The predicted octanol–water partition coefficient (Wildman–Crippen LogP) is 0.630. The molecule has 2 rings (SSSR count). The van der Waals surface area contributed by atoms with Gasteiger partial charge in [-0.3, -0.25) is 19.7 Å². The van der Waals surface area contributed by atoms with E-state index in [0.717, 1.165) is 17.0 Å². The van der Waals surface area contributed by atoms with Crippen molar-refractivity contribution in [1.82, 2.24) is 0 Å². The molecule has 0 aromatic heterocycles. The van der Waals surface area contributed by atoms with Crippen LogP contribution in [-0.2, 0) is 4.79 Å². The van der Waals surface area contributed by atoms with Gasteiger partial charge in [-0.2, -0.15) is 0 Å². The molecule has 1 heterocycles. The van der Waals surface area contributed by atoms with Crippen LogP contribution >= 0.6 is 0 Å². The Kier molecular flexibility index (Phi) is 2.38. The average molecular weight is 238 g/mol. The van der Waals surface area contributed by atoms with E-state index in [0.29, 0.717) is 0 Å². The molecule has 0 aliphatic carbocycles. The van der Waals surface area contributed by atoms with Gasteiger partial charge in [0.15, 0.2) is 0 Å². The monoisotopic (exact) mass is 238 g/mol. The maximum atomic E-state index is 13.0. The van der Waals surface area contributed by atoms with Crippen LogP contribution in [0.3, 0.4) is 0 Å². The molecule has 1 amide bonds. The number of hydrogen-bond donors (Lipinski definition) is 0. The van der Waals surface area contributed by atoms with E-state index < -0.39 is 28.5 Å². The molecule has 1 aromatic rings. The smallest absolute Gasteiger partial charge is 0.308 e. The van der Waals surface area contributed by atoms with Crippen LogP contribution in [0.25, 0.3) is 0 Å². The topological polar surface area (TPSA) is 80.5 Å². The van der Waals surface area contributed by atoms with Gasteiger partial charge in [-0.1, -0.05) is 0 Å². The molecule has 0 saturated carbocycles. The summed E-state index contributed by atoms with van der Waals surface area (Å²) in [5.41, 5.74) is 0.0355. The molecule has 1 unspecified atom stereocenters. The minimum atomic E-state index is -1.98. The lowest BCUT2D eigenvalue weighted by atomic mass is 9.96. The second-order valence-corrected chi connectivity index (χ2v) is 3.61. The molecule has 0 bridgehead atoms. The first-order chi connectivity index (χ1) is 7.93. The van der Waals surface area contributed by atoms with Gasteiger partial charge in [0.05, 0.1) is 11.3 Å². The number of carbonyl (C=O) groups is 2. The Labute approximate surface area is 94.8 Å². The third-order valence-corrected chi connectivity index (χ3v) is 2.61. The van der Waals surface area contributed by atoms with Gasteiger partial charge in [0.25, 0.3) is 0 Å². The van der Waals surface area contributed by atoms with E-state index >= 15 is 0 Å². The van der Waals surface area contributed by atoms with Crippen molar-refractivity contribution in [2.75, 3.05) is 11.9 Å². The number of ketones is 1. The molecule has 1 aliphatic rings. The summed E-state index contributed by atoms with van der Waals surface area (Å²) in [5.74, 6) is -2.58. The maximum Gasteiger partial charge on any atom is 0.351 e. The molecule has 17 heavy (non-hydrogen) atoms. The van der Waals surface area contributed by atoms with Gasteiger partial charge in [-0.05, 0) is 18.2 Å². The summed E-state index contributed by atoms with van der Waals surface area (Å²) < 4.78 is 13.0. The Morgan fingerprint density at radius 3 is 2.65 bits per heavy atom. The number of hydrogen-bond acceptors (Lipinski definition) is 4. The zero-order chi connectivity index (χ0) is 12.7. The lowest BCUT2D eigenvalue weighted by Gasteiger charge is -2.26. The first kappa shape index (κ1) is 11.2. The molecule has 0 saturated heterocycles. The fraction of sp³-hybridized carbons (Fsp3) is 0.200. The predicted molar refractivity (Wildman–Crippen MR) is 54.9 cm³/mol. The van der Waals surface area contributed by atoms with E-state index in [1.165, 1.54) is 13.1 Å². The Balaban J connectivity index is 2.63. The highest BCUT2D eigenvalue weighted by Crippen LogP contribution is 2.28. The third kappa shape index (κ3) is 1.55. The highest BCUT2D eigenvalue weighted by atomic mass is 19.1. The number of amides is 1. The second kappa shape index (κ2) is 3.62. The summed E-state index contributed by atoms with van der Waals surface area (Å²) in [6.07, 6.45) is 0. The molecule has 0 N–H and O–H groups in total.